The topological polar surface area (TPSA) is 42.4 Å². The maximum Gasteiger partial charge on any atom is 0.260 e. The maximum atomic E-state index is 13.0. The SMILES string of the molecule is C=CCN(C(=O)c1ccc(C)c(OC)c1)c1nc(-c2ccccc2)cs1. The first-order valence-corrected chi connectivity index (χ1v) is 9.10. The molecular formula is C21H20N2O2S. The first-order chi connectivity index (χ1) is 12.6. The van der Waals surface area contributed by atoms with Crippen molar-refractivity contribution >= 4 is 22.4 Å². The molecular weight excluding hydrogens is 344 g/mol. The van der Waals surface area contributed by atoms with Crippen molar-refractivity contribution in [3.05, 3.63) is 77.7 Å². The van der Waals surface area contributed by atoms with Crippen molar-refractivity contribution < 1.29 is 9.53 Å². The van der Waals surface area contributed by atoms with E-state index in [1.54, 1.807) is 24.2 Å². The highest BCUT2D eigenvalue weighted by atomic mass is 32.1. The normalized spacial score (nSPS) is 10.4. The highest BCUT2D eigenvalue weighted by molar-refractivity contribution is 7.14. The van der Waals surface area contributed by atoms with Crippen molar-refractivity contribution in [2.75, 3.05) is 18.6 Å². The lowest BCUT2D eigenvalue weighted by Crippen LogP contribution is -2.31. The van der Waals surface area contributed by atoms with Gasteiger partial charge in [0.2, 0.25) is 0 Å². The predicted molar refractivity (Wildman–Crippen MR) is 107 cm³/mol. The molecule has 0 radical (unpaired) electrons. The van der Waals surface area contributed by atoms with Crippen LogP contribution in [0.1, 0.15) is 15.9 Å². The van der Waals surface area contributed by atoms with Gasteiger partial charge in [0.05, 0.1) is 12.8 Å². The van der Waals surface area contributed by atoms with Gasteiger partial charge in [-0.25, -0.2) is 4.98 Å². The van der Waals surface area contributed by atoms with Crippen LogP contribution < -0.4 is 9.64 Å². The van der Waals surface area contributed by atoms with Gasteiger partial charge in [-0.05, 0) is 24.6 Å². The van der Waals surface area contributed by atoms with Gasteiger partial charge in [-0.2, -0.15) is 0 Å². The summed E-state index contributed by atoms with van der Waals surface area (Å²) in [4.78, 5) is 19.3. The molecule has 4 nitrogen and oxygen atoms in total. The summed E-state index contributed by atoms with van der Waals surface area (Å²) in [5.74, 6) is 0.565. The van der Waals surface area contributed by atoms with Crippen molar-refractivity contribution in [2.45, 2.75) is 6.92 Å². The van der Waals surface area contributed by atoms with Gasteiger partial charge in [-0.15, -0.1) is 17.9 Å². The minimum atomic E-state index is -0.128. The second kappa shape index (κ2) is 7.97. The number of carbonyl (C=O) groups is 1. The number of aromatic nitrogens is 1. The van der Waals surface area contributed by atoms with Crippen LogP contribution in [-0.4, -0.2) is 24.5 Å². The number of thiazole rings is 1. The molecule has 1 aromatic heterocycles. The van der Waals surface area contributed by atoms with Crippen LogP contribution in [0.2, 0.25) is 0 Å². The van der Waals surface area contributed by atoms with Gasteiger partial charge in [0.25, 0.3) is 5.91 Å². The van der Waals surface area contributed by atoms with Gasteiger partial charge < -0.3 is 4.74 Å². The van der Waals surface area contributed by atoms with Gasteiger partial charge in [0.15, 0.2) is 5.13 Å². The summed E-state index contributed by atoms with van der Waals surface area (Å²) in [6.45, 7) is 6.10. The Morgan fingerprint density at radius 3 is 2.73 bits per heavy atom. The number of hydrogen-bond donors (Lipinski definition) is 0. The summed E-state index contributed by atoms with van der Waals surface area (Å²) in [5, 5.41) is 2.61. The van der Waals surface area contributed by atoms with Gasteiger partial charge >= 0.3 is 0 Å². The predicted octanol–water partition coefficient (Wildman–Crippen LogP) is 4.96. The zero-order valence-corrected chi connectivity index (χ0v) is 15.6. The van der Waals surface area contributed by atoms with E-state index in [9.17, 15) is 4.79 Å². The molecule has 1 heterocycles. The Morgan fingerprint density at radius 1 is 1.27 bits per heavy atom. The molecule has 2 aromatic carbocycles. The largest absolute Gasteiger partial charge is 0.496 e. The van der Waals surface area contributed by atoms with E-state index in [1.807, 2.05) is 54.8 Å². The maximum absolute atomic E-state index is 13.0. The molecule has 0 unspecified atom stereocenters. The number of aryl methyl sites for hydroxylation is 1. The van der Waals surface area contributed by atoms with Crippen LogP contribution in [0.15, 0.2) is 66.6 Å². The molecule has 132 valence electrons. The van der Waals surface area contributed by atoms with Crippen molar-refractivity contribution in [1.82, 2.24) is 4.98 Å². The fourth-order valence-corrected chi connectivity index (χ4v) is 3.46. The minimum Gasteiger partial charge on any atom is -0.496 e. The van der Waals surface area contributed by atoms with Gasteiger partial charge in [0, 0.05) is 23.1 Å². The summed E-state index contributed by atoms with van der Waals surface area (Å²) < 4.78 is 5.34. The number of ether oxygens (including phenoxy) is 1. The molecule has 0 saturated carbocycles. The summed E-state index contributed by atoms with van der Waals surface area (Å²) >= 11 is 1.44. The van der Waals surface area contributed by atoms with Gasteiger partial charge in [-0.1, -0.05) is 42.5 Å². The molecule has 0 saturated heterocycles. The molecule has 0 N–H and O–H groups in total. The highest BCUT2D eigenvalue weighted by Crippen LogP contribution is 2.29. The fourth-order valence-electron chi connectivity index (χ4n) is 2.62. The summed E-state index contributed by atoms with van der Waals surface area (Å²) in [6, 6.07) is 15.4. The van der Waals surface area contributed by atoms with Crippen LogP contribution in [0, 0.1) is 6.92 Å². The molecule has 5 heteroatoms. The van der Waals surface area contributed by atoms with E-state index in [2.05, 4.69) is 11.6 Å². The molecule has 1 amide bonds. The molecule has 0 bridgehead atoms. The first kappa shape index (κ1) is 17.9. The Morgan fingerprint density at radius 2 is 2.04 bits per heavy atom. The number of carbonyl (C=O) groups excluding carboxylic acids is 1. The minimum absolute atomic E-state index is 0.128. The smallest absolute Gasteiger partial charge is 0.260 e. The molecule has 3 rings (SSSR count). The Balaban J connectivity index is 1.93. The Hall–Kier alpha value is -2.92. The summed E-state index contributed by atoms with van der Waals surface area (Å²) in [5.41, 5.74) is 3.43. The molecule has 0 aliphatic heterocycles. The van der Waals surface area contributed by atoms with Crippen LogP contribution in [0.25, 0.3) is 11.3 Å². The second-order valence-corrected chi connectivity index (χ2v) is 6.61. The average molecular weight is 364 g/mol. The van der Waals surface area contributed by atoms with Crippen LogP contribution in [-0.2, 0) is 0 Å². The van der Waals surface area contributed by atoms with Crippen LogP contribution in [0.4, 0.5) is 5.13 Å². The molecule has 3 aromatic rings. The van der Waals surface area contributed by atoms with E-state index in [0.717, 1.165) is 16.8 Å². The third-order valence-electron chi connectivity index (χ3n) is 4.00. The Kier molecular flexibility index (Phi) is 5.49. The average Bonchev–Trinajstić information content (AvgIpc) is 3.16. The van der Waals surface area contributed by atoms with E-state index in [1.165, 1.54) is 11.3 Å². The quantitative estimate of drug-likeness (QED) is 0.581. The first-order valence-electron chi connectivity index (χ1n) is 8.22. The van der Waals surface area contributed by atoms with Crippen LogP contribution in [0.3, 0.4) is 0 Å². The lowest BCUT2D eigenvalue weighted by Gasteiger charge is -2.18. The van der Waals surface area contributed by atoms with Crippen molar-refractivity contribution in [3.63, 3.8) is 0 Å². The van der Waals surface area contributed by atoms with Crippen LogP contribution in [0.5, 0.6) is 5.75 Å². The number of anilines is 1. The van der Waals surface area contributed by atoms with E-state index in [-0.39, 0.29) is 5.91 Å². The van der Waals surface area contributed by atoms with Crippen molar-refractivity contribution in [2.24, 2.45) is 0 Å². The number of rotatable bonds is 6. The molecule has 0 fully saturated rings. The van der Waals surface area contributed by atoms with Crippen LogP contribution >= 0.6 is 11.3 Å². The lowest BCUT2D eigenvalue weighted by atomic mass is 10.1. The number of amides is 1. The zero-order chi connectivity index (χ0) is 18.5. The third-order valence-corrected chi connectivity index (χ3v) is 4.87. The standard InChI is InChI=1S/C21H20N2O2S/c1-4-12-23(20(24)17-11-10-15(2)19(13-17)25-3)21-22-18(14-26-21)16-8-6-5-7-9-16/h4-11,13-14H,1,12H2,2-3H3. The van der Waals surface area contributed by atoms with E-state index < -0.39 is 0 Å². The zero-order valence-electron chi connectivity index (χ0n) is 14.8. The van der Waals surface area contributed by atoms with E-state index >= 15 is 0 Å². The summed E-state index contributed by atoms with van der Waals surface area (Å²) in [7, 11) is 1.60. The van der Waals surface area contributed by atoms with Gasteiger partial charge in [-0.3, -0.25) is 9.69 Å². The molecule has 0 atom stereocenters. The monoisotopic (exact) mass is 364 g/mol. The third kappa shape index (κ3) is 3.68. The molecule has 26 heavy (non-hydrogen) atoms. The number of benzene rings is 2. The molecule has 0 spiro atoms. The molecule has 0 aliphatic carbocycles. The Bertz CT molecular complexity index is 919. The number of hydrogen-bond acceptors (Lipinski definition) is 4. The number of methoxy groups -OCH3 is 1. The summed E-state index contributed by atoms with van der Waals surface area (Å²) in [6.07, 6.45) is 1.70. The second-order valence-electron chi connectivity index (χ2n) is 5.77. The highest BCUT2D eigenvalue weighted by Gasteiger charge is 2.21. The fraction of sp³-hybridized carbons (Fsp3) is 0.143. The van der Waals surface area contributed by atoms with Crippen molar-refractivity contribution in [1.29, 1.82) is 0 Å². The van der Waals surface area contributed by atoms with E-state index in [4.69, 9.17) is 4.74 Å². The molecule has 0 aliphatic rings. The van der Waals surface area contributed by atoms with Gasteiger partial charge in [0.1, 0.15) is 5.75 Å². The lowest BCUT2D eigenvalue weighted by molar-refractivity contribution is 0.0989. The Labute approximate surface area is 157 Å². The van der Waals surface area contributed by atoms with E-state index in [0.29, 0.717) is 23.0 Å². The number of nitrogens with zero attached hydrogens (tertiary/aromatic N) is 2. The van der Waals surface area contributed by atoms with Crippen molar-refractivity contribution in [3.8, 4) is 17.0 Å².